The highest BCUT2D eigenvalue weighted by Crippen LogP contribution is 2.26. The number of fused-ring (bicyclic) bond motifs is 1. The maximum absolute atomic E-state index is 12.4. The maximum atomic E-state index is 12.4. The van der Waals surface area contributed by atoms with Crippen LogP contribution >= 0.6 is 11.3 Å². The van der Waals surface area contributed by atoms with Gasteiger partial charge >= 0.3 is 0 Å². The first-order valence-electron chi connectivity index (χ1n) is 8.55. The molecule has 3 aromatic rings. The second kappa shape index (κ2) is 8.20. The van der Waals surface area contributed by atoms with Crippen LogP contribution in [0.3, 0.4) is 0 Å². The van der Waals surface area contributed by atoms with Crippen LogP contribution in [0.15, 0.2) is 53.9 Å². The average Bonchev–Trinajstić information content (AvgIpc) is 3.03. The number of benzene rings is 2. The minimum atomic E-state index is -3.33. The predicted molar refractivity (Wildman–Crippen MR) is 109 cm³/mol. The molecule has 0 aliphatic rings. The predicted octanol–water partition coefficient (Wildman–Crippen LogP) is 4.00. The number of hydrogen-bond acceptors (Lipinski definition) is 4. The summed E-state index contributed by atoms with van der Waals surface area (Å²) in [5.74, 6) is 0.847. The van der Waals surface area contributed by atoms with E-state index in [2.05, 4.69) is 22.2 Å². The van der Waals surface area contributed by atoms with Crippen molar-refractivity contribution in [1.82, 2.24) is 4.72 Å². The summed E-state index contributed by atoms with van der Waals surface area (Å²) in [5.41, 5.74) is 2.17. The van der Waals surface area contributed by atoms with E-state index < -0.39 is 10.0 Å². The van der Waals surface area contributed by atoms with E-state index in [1.807, 2.05) is 43.3 Å². The van der Waals surface area contributed by atoms with E-state index in [9.17, 15) is 8.42 Å². The van der Waals surface area contributed by atoms with Crippen molar-refractivity contribution in [1.29, 1.82) is 0 Å². The third-order valence-corrected chi connectivity index (χ3v) is 6.80. The highest BCUT2D eigenvalue weighted by molar-refractivity contribution is 7.89. The van der Waals surface area contributed by atoms with Crippen LogP contribution in [0.1, 0.15) is 18.1 Å². The molecule has 0 aliphatic heterocycles. The van der Waals surface area contributed by atoms with Crippen molar-refractivity contribution in [3.05, 3.63) is 65.0 Å². The van der Waals surface area contributed by atoms with Gasteiger partial charge in [-0.3, -0.25) is 0 Å². The summed E-state index contributed by atoms with van der Waals surface area (Å²) in [6.07, 6.45) is 1.17. The Labute approximate surface area is 158 Å². The van der Waals surface area contributed by atoms with Gasteiger partial charge < -0.3 is 4.74 Å². The number of nitrogens with one attached hydrogen (secondary N) is 1. The fraction of sp³-hybridized carbons (Fsp3) is 0.300. The molecule has 138 valence electrons. The second-order valence-corrected chi connectivity index (χ2v) is 9.18. The van der Waals surface area contributed by atoms with Crippen molar-refractivity contribution in [3.63, 3.8) is 0 Å². The molecule has 1 N–H and O–H groups in total. The van der Waals surface area contributed by atoms with E-state index in [0.717, 1.165) is 11.3 Å². The zero-order chi connectivity index (χ0) is 18.6. The fourth-order valence-corrected chi connectivity index (χ4v) is 5.27. The van der Waals surface area contributed by atoms with Crippen molar-refractivity contribution >= 4 is 31.4 Å². The minimum absolute atomic E-state index is 0.0774. The number of hydrogen-bond donors (Lipinski definition) is 1. The Morgan fingerprint density at radius 3 is 2.58 bits per heavy atom. The van der Waals surface area contributed by atoms with Gasteiger partial charge in [0, 0.05) is 10.7 Å². The lowest BCUT2D eigenvalue weighted by atomic mass is 10.1. The van der Waals surface area contributed by atoms with Gasteiger partial charge in [0.15, 0.2) is 0 Å². The lowest BCUT2D eigenvalue weighted by Crippen LogP contribution is -2.36. The van der Waals surface area contributed by atoms with Crippen LogP contribution in [0.2, 0.25) is 0 Å². The molecule has 4 nitrogen and oxygen atoms in total. The van der Waals surface area contributed by atoms with Gasteiger partial charge in [-0.25, -0.2) is 13.1 Å². The van der Waals surface area contributed by atoms with Gasteiger partial charge in [0.05, 0.1) is 12.9 Å². The summed E-state index contributed by atoms with van der Waals surface area (Å²) in [7, 11) is -1.72. The number of aryl methyl sites for hydroxylation is 1. The molecule has 1 atom stereocenters. The number of methoxy groups -OCH3 is 1. The zero-order valence-electron chi connectivity index (χ0n) is 14.9. The summed E-state index contributed by atoms with van der Waals surface area (Å²) in [6, 6.07) is 15.6. The van der Waals surface area contributed by atoms with E-state index in [1.54, 1.807) is 18.4 Å². The molecule has 3 rings (SSSR count). The summed E-state index contributed by atoms with van der Waals surface area (Å²) in [6.45, 7) is 1.91. The quantitative estimate of drug-likeness (QED) is 0.633. The lowest BCUT2D eigenvalue weighted by molar-refractivity contribution is 0.414. The molecule has 0 amide bonds. The Morgan fingerprint density at radius 2 is 1.85 bits per heavy atom. The van der Waals surface area contributed by atoms with Crippen LogP contribution in [0.5, 0.6) is 5.75 Å². The molecule has 0 radical (unpaired) electrons. The van der Waals surface area contributed by atoms with Crippen LogP contribution in [-0.4, -0.2) is 27.3 Å². The van der Waals surface area contributed by atoms with Gasteiger partial charge in [0.25, 0.3) is 0 Å². The Bertz CT molecular complexity index is 962. The molecular formula is C20H23NO3S2. The van der Waals surface area contributed by atoms with E-state index in [4.69, 9.17) is 4.74 Å². The Kier molecular flexibility index (Phi) is 5.96. The van der Waals surface area contributed by atoms with Gasteiger partial charge in [-0.15, -0.1) is 11.3 Å². The summed E-state index contributed by atoms with van der Waals surface area (Å²) < 4.78 is 33.9. The topological polar surface area (TPSA) is 55.4 Å². The fourth-order valence-electron chi connectivity index (χ4n) is 2.97. The third-order valence-electron chi connectivity index (χ3n) is 4.29. The second-order valence-electron chi connectivity index (χ2n) is 6.40. The van der Waals surface area contributed by atoms with Gasteiger partial charge in [0.1, 0.15) is 5.75 Å². The number of thiophene rings is 1. The molecule has 0 bridgehead atoms. The Morgan fingerprint density at radius 1 is 1.12 bits per heavy atom. The summed E-state index contributed by atoms with van der Waals surface area (Å²) in [4.78, 5) is 0. The van der Waals surface area contributed by atoms with Gasteiger partial charge in [0.2, 0.25) is 10.0 Å². The molecule has 0 saturated carbocycles. The Hall–Kier alpha value is -1.89. The Balaban J connectivity index is 1.57. The molecule has 0 saturated heterocycles. The van der Waals surface area contributed by atoms with Crippen molar-refractivity contribution in [2.24, 2.45) is 0 Å². The lowest BCUT2D eigenvalue weighted by Gasteiger charge is -2.14. The highest BCUT2D eigenvalue weighted by atomic mass is 32.2. The molecule has 1 heterocycles. The van der Waals surface area contributed by atoms with Crippen LogP contribution in [0.4, 0.5) is 0 Å². The smallest absolute Gasteiger partial charge is 0.212 e. The average molecular weight is 390 g/mol. The maximum Gasteiger partial charge on any atom is 0.212 e. The third kappa shape index (κ3) is 4.84. The molecule has 0 unspecified atom stereocenters. The normalized spacial score (nSPS) is 13.0. The molecule has 6 heteroatoms. The minimum Gasteiger partial charge on any atom is -0.497 e. The summed E-state index contributed by atoms with van der Waals surface area (Å²) >= 11 is 1.70. The first-order chi connectivity index (χ1) is 12.5. The first kappa shape index (κ1) is 18.9. The van der Waals surface area contributed by atoms with Crippen LogP contribution in [0.25, 0.3) is 10.1 Å². The number of rotatable bonds is 8. The zero-order valence-corrected chi connectivity index (χ0v) is 16.6. The molecule has 1 aromatic heterocycles. The van der Waals surface area contributed by atoms with Gasteiger partial charge in [-0.2, -0.15) is 0 Å². The number of sulfonamides is 1. The van der Waals surface area contributed by atoms with E-state index in [-0.39, 0.29) is 11.8 Å². The van der Waals surface area contributed by atoms with Gasteiger partial charge in [-0.05, 0) is 59.9 Å². The molecule has 26 heavy (non-hydrogen) atoms. The molecule has 2 aromatic carbocycles. The standard InChI is InChI=1S/C20H23NO3S2/c1-15(13-17-14-25-20-6-4-3-5-19(17)20)21-26(22,23)12-11-16-7-9-18(24-2)10-8-16/h3-10,14-15,21H,11-13H2,1-2H3/t15-/m1/s1. The van der Waals surface area contributed by atoms with Crippen molar-refractivity contribution in [2.45, 2.75) is 25.8 Å². The SMILES string of the molecule is COc1ccc(CCS(=O)(=O)N[C@H](C)Cc2csc3ccccc23)cc1. The van der Waals surface area contributed by atoms with E-state index in [0.29, 0.717) is 12.8 Å². The van der Waals surface area contributed by atoms with Crippen LogP contribution in [0, 0.1) is 0 Å². The molecule has 0 aliphatic carbocycles. The van der Waals surface area contributed by atoms with Crippen LogP contribution < -0.4 is 9.46 Å². The largest absolute Gasteiger partial charge is 0.497 e. The van der Waals surface area contributed by atoms with Crippen molar-refractivity contribution in [3.8, 4) is 5.75 Å². The monoisotopic (exact) mass is 389 g/mol. The van der Waals surface area contributed by atoms with Crippen molar-refractivity contribution < 1.29 is 13.2 Å². The van der Waals surface area contributed by atoms with E-state index >= 15 is 0 Å². The van der Waals surface area contributed by atoms with Gasteiger partial charge in [-0.1, -0.05) is 30.3 Å². The van der Waals surface area contributed by atoms with E-state index in [1.165, 1.54) is 15.6 Å². The molecule has 0 spiro atoms. The van der Waals surface area contributed by atoms with Crippen molar-refractivity contribution in [2.75, 3.05) is 12.9 Å². The highest BCUT2D eigenvalue weighted by Gasteiger charge is 2.16. The number of ether oxygens (including phenoxy) is 1. The molecular weight excluding hydrogens is 366 g/mol. The molecule has 0 fully saturated rings. The van der Waals surface area contributed by atoms with Crippen LogP contribution in [-0.2, 0) is 22.9 Å². The first-order valence-corrected chi connectivity index (χ1v) is 11.1. The summed E-state index contributed by atoms with van der Waals surface area (Å²) in [5, 5.41) is 3.33.